The Morgan fingerprint density at radius 3 is 2.70 bits per heavy atom. The number of hydrogen-bond donors (Lipinski definition) is 2. The van der Waals surface area contributed by atoms with Crippen molar-refractivity contribution in [3.63, 3.8) is 0 Å². The molecule has 7 heteroatoms. The van der Waals surface area contributed by atoms with E-state index >= 15 is 0 Å². The van der Waals surface area contributed by atoms with Crippen LogP contribution in [0.3, 0.4) is 0 Å². The first kappa shape index (κ1) is 17.9. The van der Waals surface area contributed by atoms with E-state index in [0.717, 1.165) is 5.56 Å². The Morgan fingerprint density at radius 1 is 1.35 bits per heavy atom. The lowest BCUT2D eigenvalue weighted by atomic mass is 9.90. The van der Waals surface area contributed by atoms with Gasteiger partial charge in [0.15, 0.2) is 0 Å². The zero-order valence-electron chi connectivity index (χ0n) is 13.4. The van der Waals surface area contributed by atoms with Gasteiger partial charge in [-0.05, 0) is 24.8 Å². The number of aryl methyl sites for hydroxylation is 1. The third kappa shape index (κ3) is 5.02. The molecule has 128 valence electrons. The molecule has 6 nitrogen and oxygen atoms in total. The highest BCUT2D eigenvalue weighted by Gasteiger charge is 2.39. The maximum Gasteiger partial charge on any atom is 0.222 e. The van der Waals surface area contributed by atoms with Crippen molar-refractivity contribution in [2.75, 3.05) is 25.9 Å². The van der Waals surface area contributed by atoms with Crippen molar-refractivity contribution in [1.82, 2.24) is 9.62 Å². The molecule has 1 saturated heterocycles. The Kier molecular flexibility index (Phi) is 5.78. The summed E-state index contributed by atoms with van der Waals surface area (Å²) in [6.45, 7) is 0.380. The molecule has 1 amide bonds. The first-order valence-corrected chi connectivity index (χ1v) is 9.40. The number of carbonyl (C=O) groups is 1. The maximum absolute atomic E-state index is 12.5. The summed E-state index contributed by atoms with van der Waals surface area (Å²) >= 11 is 0. The predicted octanol–water partition coefficient (Wildman–Crippen LogP) is 0.522. The van der Waals surface area contributed by atoms with Gasteiger partial charge in [-0.3, -0.25) is 4.79 Å². The summed E-state index contributed by atoms with van der Waals surface area (Å²) < 4.78 is 26.4. The van der Waals surface area contributed by atoms with Gasteiger partial charge in [-0.25, -0.2) is 8.42 Å². The Bertz CT molecular complexity index is 633. The van der Waals surface area contributed by atoms with Crippen LogP contribution in [0, 0.1) is 0 Å². The van der Waals surface area contributed by atoms with Crippen LogP contribution in [0.2, 0.25) is 0 Å². The van der Waals surface area contributed by atoms with Gasteiger partial charge in [-0.2, -0.15) is 4.31 Å². The van der Waals surface area contributed by atoms with E-state index in [2.05, 4.69) is 5.32 Å². The number of nitrogens with one attached hydrogen (secondary N) is 1. The third-order valence-electron chi connectivity index (χ3n) is 4.17. The highest BCUT2D eigenvalue weighted by molar-refractivity contribution is 7.89. The van der Waals surface area contributed by atoms with Crippen LogP contribution in [-0.4, -0.2) is 55.2 Å². The Morgan fingerprint density at radius 2 is 2.04 bits per heavy atom. The minimum atomic E-state index is -3.45. The van der Waals surface area contributed by atoms with Crippen LogP contribution in [0.5, 0.6) is 0 Å². The lowest BCUT2D eigenvalue weighted by Gasteiger charge is -2.38. The molecule has 0 radical (unpaired) electrons. The molecular formula is C16H24N2O4S. The molecule has 1 aliphatic heterocycles. The van der Waals surface area contributed by atoms with E-state index in [9.17, 15) is 18.3 Å². The van der Waals surface area contributed by atoms with Crippen molar-refractivity contribution in [3.8, 4) is 0 Å². The topological polar surface area (TPSA) is 86.7 Å². The van der Waals surface area contributed by atoms with E-state index in [1.165, 1.54) is 11.4 Å². The Hall–Kier alpha value is -1.44. The van der Waals surface area contributed by atoms with Crippen LogP contribution in [-0.2, 0) is 21.2 Å². The number of amides is 1. The van der Waals surface area contributed by atoms with Gasteiger partial charge in [0, 0.05) is 20.1 Å². The van der Waals surface area contributed by atoms with Crippen molar-refractivity contribution in [2.24, 2.45) is 0 Å². The Balaban J connectivity index is 2.00. The van der Waals surface area contributed by atoms with E-state index in [-0.39, 0.29) is 24.6 Å². The largest absolute Gasteiger partial charge is 0.388 e. The second-order valence-electron chi connectivity index (χ2n) is 6.06. The highest BCUT2D eigenvalue weighted by atomic mass is 32.2. The number of sulfonamides is 1. The smallest absolute Gasteiger partial charge is 0.222 e. The molecule has 0 spiro atoms. The molecular weight excluding hydrogens is 316 g/mol. The summed E-state index contributed by atoms with van der Waals surface area (Å²) in [4.78, 5) is 11.5. The van der Waals surface area contributed by atoms with E-state index in [0.29, 0.717) is 25.8 Å². The quantitative estimate of drug-likeness (QED) is 0.790. The van der Waals surface area contributed by atoms with Gasteiger partial charge in [-0.1, -0.05) is 30.3 Å². The van der Waals surface area contributed by atoms with Gasteiger partial charge < -0.3 is 10.4 Å². The number of benzene rings is 1. The maximum atomic E-state index is 12.5. The Labute approximate surface area is 137 Å². The highest BCUT2D eigenvalue weighted by Crippen LogP contribution is 2.26. The van der Waals surface area contributed by atoms with E-state index in [4.69, 9.17) is 0 Å². The van der Waals surface area contributed by atoms with Crippen molar-refractivity contribution < 1.29 is 18.3 Å². The van der Waals surface area contributed by atoms with Crippen LogP contribution >= 0.6 is 0 Å². The number of rotatable bonds is 6. The fraction of sp³-hybridized carbons (Fsp3) is 0.562. The number of nitrogens with zero attached hydrogens (tertiary/aromatic N) is 1. The SMILES string of the molecule is CNC(=O)CC1(O)CCCN(S(=O)(=O)CCc2ccccc2)C1. The normalized spacial score (nSPS) is 22.7. The average Bonchev–Trinajstić information content (AvgIpc) is 2.53. The van der Waals surface area contributed by atoms with Crippen molar-refractivity contribution in [3.05, 3.63) is 35.9 Å². The first-order chi connectivity index (χ1) is 10.8. The van der Waals surface area contributed by atoms with Gasteiger partial charge in [-0.15, -0.1) is 0 Å². The minimum absolute atomic E-state index is 0.00701. The van der Waals surface area contributed by atoms with E-state index in [1.807, 2.05) is 30.3 Å². The van der Waals surface area contributed by atoms with Crippen LogP contribution < -0.4 is 5.32 Å². The fourth-order valence-electron chi connectivity index (χ4n) is 2.86. The number of hydrogen-bond acceptors (Lipinski definition) is 4. The zero-order valence-corrected chi connectivity index (χ0v) is 14.2. The number of aliphatic hydroxyl groups is 1. The van der Waals surface area contributed by atoms with Gasteiger partial charge in [0.1, 0.15) is 0 Å². The van der Waals surface area contributed by atoms with Gasteiger partial charge in [0.05, 0.1) is 17.8 Å². The summed E-state index contributed by atoms with van der Waals surface area (Å²) in [6.07, 6.45) is 1.35. The molecule has 23 heavy (non-hydrogen) atoms. The molecule has 1 heterocycles. The summed E-state index contributed by atoms with van der Waals surface area (Å²) in [7, 11) is -1.95. The lowest BCUT2D eigenvalue weighted by molar-refractivity contribution is -0.127. The van der Waals surface area contributed by atoms with Gasteiger partial charge in [0.25, 0.3) is 0 Å². The second-order valence-corrected chi connectivity index (χ2v) is 8.15. The number of piperidine rings is 1. The molecule has 1 fully saturated rings. The molecule has 0 aromatic heterocycles. The average molecular weight is 340 g/mol. The molecule has 0 saturated carbocycles. The number of β-amino-alcohol motifs (C(OH)–C–C–N with tert-alkyl or cyclic N) is 1. The molecule has 1 aromatic rings. The molecule has 2 rings (SSSR count). The van der Waals surface area contributed by atoms with Crippen molar-refractivity contribution in [1.29, 1.82) is 0 Å². The second kappa shape index (κ2) is 7.42. The molecule has 0 bridgehead atoms. The van der Waals surface area contributed by atoms with Crippen LogP contribution in [0.25, 0.3) is 0 Å². The van der Waals surface area contributed by atoms with Gasteiger partial charge in [0.2, 0.25) is 15.9 Å². The molecule has 1 aromatic carbocycles. The molecule has 0 aliphatic carbocycles. The predicted molar refractivity (Wildman–Crippen MR) is 88.4 cm³/mol. The van der Waals surface area contributed by atoms with Crippen molar-refractivity contribution in [2.45, 2.75) is 31.3 Å². The van der Waals surface area contributed by atoms with Crippen LogP contribution in [0.15, 0.2) is 30.3 Å². The molecule has 2 N–H and O–H groups in total. The van der Waals surface area contributed by atoms with E-state index in [1.54, 1.807) is 0 Å². The monoisotopic (exact) mass is 340 g/mol. The summed E-state index contributed by atoms with van der Waals surface area (Å²) in [5.74, 6) is -0.274. The van der Waals surface area contributed by atoms with Crippen LogP contribution in [0.4, 0.5) is 0 Å². The lowest BCUT2D eigenvalue weighted by Crippen LogP contribution is -2.52. The first-order valence-electron chi connectivity index (χ1n) is 7.79. The van der Waals surface area contributed by atoms with Gasteiger partial charge >= 0.3 is 0 Å². The standard InChI is InChI=1S/C16H24N2O4S/c1-17-15(19)12-16(20)9-5-10-18(13-16)23(21,22)11-8-14-6-3-2-4-7-14/h2-4,6-7,20H,5,8-13H2,1H3,(H,17,19). The number of carbonyl (C=O) groups excluding carboxylic acids is 1. The summed E-state index contributed by atoms with van der Waals surface area (Å²) in [5, 5.41) is 13.0. The summed E-state index contributed by atoms with van der Waals surface area (Å²) in [6, 6.07) is 9.44. The zero-order chi connectivity index (χ0) is 16.9. The minimum Gasteiger partial charge on any atom is -0.388 e. The third-order valence-corrected chi connectivity index (χ3v) is 5.99. The van der Waals surface area contributed by atoms with Crippen LogP contribution in [0.1, 0.15) is 24.8 Å². The molecule has 1 aliphatic rings. The molecule has 1 unspecified atom stereocenters. The fourth-order valence-corrected chi connectivity index (χ4v) is 4.46. The molecule has 1 atom stereocenters. The summed E-state index contributed by atoms with van der Waals surface area (Å²) in [5.41, 5.74) is -0.313. The van der Waals surface area contributed by atoms with E-state index < -0.39 is 15.6 Å². The van der Waals surface area contributed by atoms with Crippen molar-refractivity contribution >= 4 is 15.9 Å².